The number of hydrogen-bond donors (Lipinski definition) is 3. The normalized spacial score (nSPS) is 10.9. The Kier molecular flexibility index (Phi) is 6.68. The lowest BCUT2D eigenvalue weighted by molar-refractivity contribution is -0.384. The minimum atomic E-state index is -0.673. The van der Waals surface area contributed by atoms with Crippen molar-refractivity contribution in [3.63, 3.8) is 0 Å². The molecule has 10 nitrogen and oxygen atoms in total. The summed E-state index contributed by atoms with van der Waals surface area (Å²) in [6, 6.07) is 19.0. The van der Waals surface area contributed by atoms with E-state index in [2.05, 4.69) is 20.9 Å². The molecule has 0 atom stereocenters. The number of hydrogen-bond acceptors (Lipinski definition) is 7. The van der Waals surface area contributed by atoms with Gasteiger partial charge in [0.25, 0.3) is 17.5 Å². The summed E-state index contributed by atoms with van der Waals surface area (Å²) in [6.45, 7) is 1.81. The molecular formula is C26H21N5O5. The molecule has 0 aliphatic carbocycles. The lowest BCUT2D eigenvalue weighted by Crippen LogP contribution is -2.17. The third kappa shape index (κ3) is 4.87. The summed E-state index contributed by atoms with van der Waals surface area (Å²) in [6.07, 6.45) is 0. The Morgan fingerprint density at radius 2 is 1.72 bits per heavy atom. The lowest BCUT2D eigenvalue weighted by atomic mass is 10.0. The number of anilines is 1. The second kappa shape index (κ2) is 10.0. The van der Waals surface area contributed by atoms with E-state index in [1.807, 2.05) is 6.92 Å². The minimum absolute atomic E-state index is 0.0713. The molecule has 0 aromatic heterocycles. The van der Waals surface area contributed by atoms with Gasteiger partial charge in [-0.05, 0) is 42.1 Å². The first-order valence-electron chi connectivity index (χ1n) is 10.8. The Hall–Kier alpha value is -5.12. The fraction of sp³-hybridized carbons (Fsp3) is 0.0769. The average Bonchev–Trinajstić information content (AvgIpc) is 2.88. The summed E-state index contributed by atoms with van der Waals surface area (Å²) in [7, 11) is 1.53. The van der Waals surface area contributed by atoms with E-state index in [1.54, 1.807) is 42.5 Å². The van der Waals surface area contributed by atoms with Crippen LogP contribution in [0.15, 0.2) is 83.0 Å². The number of phenols is 1. The van der Waals surface area contributed by atoms with Gasteiger partial charge < -0.3 is 15.7 Å². The van der Waals surface area contributed by atoms with Gasteiger partial charge >= 0.3 is 0 Å². The van der Waals surface area contributed by atoms with Gasteiger partial charge in [0.15, 0.2) is 5.75 Å². The Bertz CT molecular complexity index is 1550. The molecule has 0 bridgehead atoms. The highest BCUT2D eigenvalue weighted by molar-refractivity contribution is 6.11. The maximum Gasteiger partial charge on any atom is 0.271 e. The highest BCUT2D eigenvalue weighted by Gasteiger charge is 2.19. The van der Waals surface area contributed by atoms with Crippen molar-refractivity contribution in [2.45, 2.75) is 6.92 Å². The summed E-state index contributed by atoms with van der Waals surface area (Å²) in [5.41, 5.74) is 1.59. The van der Waals surface area contributed by atoms with Crippen LogP contribution in [0.5, 0.6) is 5.75 Å². The first kappa shape index (κ1) is 24.0. The molecule has 0 aliphatic rings. The largest absolute Gasteiger partial charge is 0.505 e. The number of rotatable bonds is 6. The summed E-state index contributed by atoms with van der Waals surface area (Å²) >= 11 is 0. The van der Waals surface area contributed by atoms with Crippen LogP contribution in [0.3, 0.4) is 0 Å². The SMILES string of the molecule is CNC(=O)c1ccc(C)c(/N=N/c2c(O)c(C(=O)Nc3cccc([N+](=O)[O-])c3)cc3ccccc23)c1. The number of nitro benzene ring substituents is 1. The molecule has 0 unspecified atom stereocenters. The highest BCUT2D eigenvalue weighted by Crippen LogP contribution is 2.40. The molecule has 180 valence electrons. The zero-order valence-corrected chi connectivity index (χ0v) is 19.4. The summed E-state index contributed by atoms with van der Waals surface area (Å²) in [4.78, 5) is 35.5. The molecule has 0 fully saturated rings. The highest BCUT2D eigenvalue weighted by atomic mass is 16.6. The van der Waals surface area contributed by atoms with E-state index in [1.165, 1.54) is 37.4 Å². The first-order valence-corrected chi connectivity index (χ1v) is 10.8. The first-order chi connectivity index (χ1) is 17.3. The van der Waals surface area contributed by atoms with Crippen LogP contribution in [-0.2, 0) is 0 Å². The molecule has 0 saturated carbocycles. The number of nitro groups is 1. The number of amides is 2. The fourth-order valence-corrected chi connectivity index (χ4v) is 3.59. The monoisotopic (exact) mass is 483 g/mol. The fourth-order valence-electron chi connectivity index (χ4n) is 3.59. The van der Waals surface area contributed by atoms with Gasteiger partial charge in [0, 0.05) is 35.8 Å². The molecule has 4 aromatic carbocycles. The predicted octanol–water partition coefficient (Wildman–Crippen LogP) is 5.79. The van der Waals surface area contributed by atoms with Crippen LogP contribution in [0.25, 0.3) is 10.8 Å². The van der Waals surface area contributed by atoms with Crippen molar-refractivity contribution in [2.24, 2.45) is 10.2 Å². The lowest BCUT2D eigenvalue weighted by Gasteiger charge is -2.11. The average molecular weight is 483 g/mol. The Balaban J connectivity index is 1.76. The van der Waals surface area contributed by atoms with Crippen molar-refractivity contribution < 1.29 is 19.6 Å². The molecule has 0 heterocycles. The Morgan fingerprint density at radius 3 is 2.47 bits per heavy atom. The molecule has 0 spiro atoms. The van der Waals surface area contributed by atoms with E-state index in [0.29, 0.717) is 22.0 Å². The van der Waals surface area contributed by atoms with Crippen molar-refractivity contribution in [3.05, 3.63) is 99.6 Å². The summed E-state index contributed by atoms with van der Waals surface area (Å²) in [5, 5.41) is 36.9. The molecule has 2 amide bonds. The zero-order valence-electron chi connectivity index (χ0n) is 19.4. The molecule has 0 aliphatic heterocycles. The number of nitrogens with zero attached hydrogens (tertiary/aromatic N) is 3. The molecule has 3 N–H and O–H groups in total. The number of nitrogens with one attached hydrogen (secondary N) is 2. The maximum atomic E-state index is 13.0. The predicted molar refractivity (Wildman–Crippen MR) is 135 cm³/mol. The molecule has 0 saturated heterocycles. The van der Waals surface area contributed by atoms with Gasteiger partial charge in [-0.1, -0.05) is 36.4 Å². The smallest absolute Gasteiger partial charge is 0.271 e. The van der Waals surface area contributed by atoms with Crippen LogP contribution in [0.2, 0.25) is 0 Å². The Morgan fingerprint density at radius 1 is 0.944 bits per heavy atom. The third-order valence-corrected chi connectivity index (χ3v) is 5.51. The number of carbonyl (C=O) groups excluding carboxylic acids is 2. The second-order valence-corrected chi connectivity index (χ2v) is 7.88. The van der Waals surface area contributed by atoms with Gasteiger partial charge in [0.1, 0.15) is 5.69 Å². The number of carbonyl (C=O) groups is 2. The van der Waals surface area contributed by atoms with Gasteiger partial charge in [-0.25, -0.2) is 0 Å². The van der Waals surface area contributed by atoms with Gasteiger partial charge in [-0.2, -0.15) is 5.11 Å². The van der Waals surface area contributed by atoms with Crippen LogP contribution in [0, 0.1) is 17.0 Å². The molecule has 36 heavy (non-hydrogen) atoms. The number of fused-ring (bicyclic) bond motifs is 1. The van der Waals surface area contributed by atoms with E-state index in [9.17, 15) is 24.8 Å². The minimum Gasteiger partial charge on any atom is -0.505 e. The third-order valence-electron chi connectivity index (χ3n) is 5.51. The summed E-state index contributed by atoms with van der Waals surface area (Å²) in [5.74, 6) is -1.35. The van der Waals surface area contributed by atoms with Crippen molar-refractivity contribution in [2.75, 3.05) is 12.4 Å². The number of benzene rings is 4. The Labute approximate surface area is 205 Å². The maximum absolute atomic E-state index is 13.0. The second-order valence-electron chi connectivity index (χ2n) is 7.88. The number of aromatic hydroxyl groups is 1. The van der Waals surface area contributed by atoms with Gasteiger partial charge in [0.05, 0.1) is 16.2 Å². The van der Waals surface area contributed by atoms with Gasteiger partial charge in [0.2, 0.25) is 0 Å². The van der Waals surface area contributed by atoms with Crippen LogP contribution in [0.1, 0.15) is 26.3 Å². The standard InChI is InChI=1S/C26H21N5O5/c1-15-10-11-17(25(33)27-2)13-22(15)29-30-23-20-9-4-3-6-16(20)12-21(24(23)32)26(34)28-18-7-5-8-19(14-18)31(35)36/h3-14,32H,1-2H3,(H,27,33)(H,28,34)/b30-29+. The number of azo groups is 1. The van der Waals surface area contributed by atoms with Crippen LogP contribution >= 0.6 is 0 Å². The van der Waals surface area contributed by atoms with Crippen molar-refractivity contribution >= 4 is 45.3 Å². The molecule has 4 aromatic rings. The van der Waals surface area contributed by atoms with E-state index in [-0.39, 0.29) is 28.5 Å². The van der Waals surface area contributed by atoms with Gasteiger partial charge in [-0.3, -0.25) is 19.7 Å². The molecule has 0 radical (unpaired) electrons. The van der Waals surface area contributed by atoms with E-state index < -0.39 is 16.6 Å². The number of aryl methyl sites for hydroxylation is 1. The van der Waals surface area contributed by atoms with Gasteiger partial charge in [-0.15, -0.1) is 5.11 Å². The van der Waals surface area contributed by atoms with E-state index in [0.717, 1.165) is 5.56 Å². The molecular weight excluding hydrogens is 462 g/mol. The topological polar surface area (TPSA) is 146 Å². The molecule has 4 rings (SSSR count). The van der Waals surface area contributed by atoms with E-state index in [4.69, 9.17) is 0 Å². The van der Waals surface area contributed by atoms with Crippen molar-refractivity contribution in [1.82, 2.24) is 5.32 Å². The van der Waals surface area contributed by atoms with Crippen molar-refractivity contribution in [1.29, 1.82) is 0 Å². The van der Waals surface area contributed by atoms with E-state index >= 15 is 0 Å². The molecule has 10 heteroatoms. The van der Waals surface area contributed by atoms with Crippen LogP contribution in [0.4, 0.5) is 22.7 Å². The summed E-state index contributed by atoms with van der Waals surface area (Å²) < 4.78 is 0. The number of non-ortho nitro benzene ring substituents is 1. The van der Waals surface area contributed by atoms with Crippen molar-refractivity contribution in [3.8, 4) is 5.75 Å². The van der Waals surface area contributed by atoms with Crippen LogP contribution in [-0.4, -0.2) is 28.9 Å². The quantitative estimate of drug-likeness (QED) is 0.180. The zero-order chi connectivity index (χ0) is 25.8. The number of phenolic OH excluding ortho intramolecular Hbond substituents is 1. The van der Waals surface area contributed by atoms with Crippen LogP contribution < -0.4 is 10.6 Å².